The lowest BCUT2D eigenvalue weighted by molar-refractivity contribution is -0.113. The van der Waals surface area contributed by atoms with Gasteiger partial charge in [-0.3, -0.25) is 9.59 Å². The minimum atomic E-state index is -0.547. The van der Waals surface area contributed by atoms with Gasteiger partial charge in [-0.1, -0.05) is 18.2 Å². The number of thiophene rings is 1. The van der Waals surface area contributed by atoms with Crippen molar-refractivity contribution >= 4 is 40.6 Å². The number of anilines is 1. The van der Waals surface area contributed by atoms with E-state index in [1.807, 2.05) is 30.3 Å². The number of oxazole rings is 1. The molecule has 0 aliphatic rings. The average molecular weight is 373 g/mol. The average Bonchev–Trinajstić information content (AvgIpc) is 3.25. The highest BCUT2D eigenvalue weighted by Crippen LogP contribution is 2.23. The number of carbonyl (C=O) groups is 2. The third kappa shape index (κ3) is 4.49. The van der Waals surface area contributed by atoms with Crippen LogP contribution in [0.3, 0.4) is 0 Å². The van der Waals surface area contributed by atoms with Gasteiger partial charge < -0.3 is 15.5 Å². The summed E-state index contributed by atoms with van der Waals surface area (Å²) in [4.78, 5) is 28.0. The Morgan fingerprint density at radius 3 is 2.80 bits per heavy atom. The molecule has 2 aromatic heterocycles. The first-order chi connectivity index (χ1) is 12.1. The highest BCUT2D eigenvalue weighted by atomic mass is 32.2. The monoisotopic (exact) mass is 373 g/mol. The zero-order valence-corrected chi connectivity index (χ0v) is 14.7. The third-order valence-corrected chi connectivity index (χ3v) is 5.11. The second kappa shape index (κ2) is 8.00. The summed E-state index contributed by atoms with van der Waals surface area (Å²) >= 11 is 2.61. The summed E-state index contributed by atoms with van der Waals surface area (Å²) in [6, 6.07) is 11.3. The molecule has 8 heteroatoms. The first-order valence-corrected chi connectivity index (χ1v) is 9.41. The molecule has 2 heterocycles. The van der Waals surface area contributed by atoms with Crippen molar-refractivity contribution in [2.75, 3.05) is 11.1 Å². The Balaban J connectivity index is 1.50. The van der Waals surface area contributed by atoms with Crippen molar-refractivity contribution in [3.63, 3.8) is 0 Å². The van der Waals surface area contributed by atoms with Crippen LogP contribution in [-0.4, -0.2) is 22.6 Å². The Kier molecular flexibility index (Phi) is 5.52. The van der Waals surface area contributed by atoms with Crippen LogP contribution in [0.5, 0.6) is 0 Å². The van der Waals surface area contributed by atoms with Gasteiger partial charge in [0.1, 0.15) is 11.1 Å². The molecule has 2 amide bonds. The molecule has 128 valence electrons. The molecule has 3 N–H and O–H groups in total. The molecule has 6 nitrogen and oxygen atoms in total. The van der Waals surface area contributed by atoms with Crippen molar-refractivity contribution in [2.45, 2.75) is 5.75 Å². The molecule has 3 aromatic rings. The number of amides is 2. The van der Waals surface area contributed by atoms with E-state index in [9.17, 15) is 9.59 Å². The zero-order valence-electron chi connectivity index (χ0n) is 13.1. The van der Waals surface area contributed by atoms with E-state index in [4.69, 9.17) is 10.2 Å². The van der Waals surface area contributed by atoms with Crippen molar-refractivity contribution < 1.29 is 14.0 Å². The molecule has 0 bridgehead atoms. The SMILES string of the molecule is NC(=O)c1sccc1NC(=O)CSCc1coc(-c2ccccc2)n1. The number of nitrogens with two attached hydrogens (primary N) is 1. The van der Waals surface area contributed by atoms with Gasteiger partial charge in [0, 0.05) is 11.3 Å². The van der Waals surface area contributed by atoms with Crippen LogP contribution >= 0.6 is 23.1 Å². The zero-order chi connectivity index (χ0) is 17.6. The highest BCUT2D eigenvalue weighted by Gasteiger charge is 2.13. The molecule has 0 saturated heterocycles. The fourth-order valence-corrected chi connectivity index (χ4v) is 3.52. The van der Waals surface area contributed by atoms with Crippen molar-refractivity contribution in [2.24, 2.45) is 5.73 Å². The third-order valence-electron chi connectivity index (χ3n) is 3.22. The maximum Gasteiger partial charge on any atom is 0.260 e. The van der Waals surface area contributed by atoms with Gasteiger partial charge >= 0.3 is 0 Å². The number of nitrogens with one attached hydrogen (secondary N) is 1. The number of carbonyl (C=O) groups excluding carboxylic acids is 2. The second-order valence-electron chi connectivity index (χ2n) is 5.08. The van der Waals surface area contributed by atoms with E-state index in [0.29, 0.717) is 22.2 Å². The number of hydrogen-bond donors (Lipinski definition) is 2. The number of aromatic nitrogens is 1. The molecule has 3 rings (SSSR count). The molecular formula is C17H15N3O3S2. The fraction of sp³-hybridized carbons (Fsp3) is 0.118. The summed E-state index contributed by atoms with van der Waals surface area (Å²) in [5.74, 6) is 0.606. The van der Waals surface area contributed by atoms with Crippen LogP contribution in [0.25, 0.3) is 11.5 Å². The van der Waals surface area contributed by atoms with Crippen LogP contribution in [0, 0.1) is 0 Å². The van der Waals surface area contributed by atoms with E-state index in [1.54, 1.807) is 17.7 Å². The van der Waals surface area contributed by atoms with Gasteiger partial charge in [-0.05, 0) is 23.6 Å². The van der Waals surface area contributed by atoms with E-state index in [0.717, 1.165) is 11.3 Å². The first-order valence-electron chi connectivity index (χ1n) is 7.38. The smallest absolute Gasteiger partial charge is 0.260 e. The topological polar surface area (TPSA) is 98.2 Å². The van der Waals surface area contributed by atoms with E-state index < -0.39 is 5.91 Å². The van der Waals surface area contributed by atoms with E-state index in [2.05, 4.69) is 10.3 Å². The van der Waals surface area contributed by atoms with E-state index >= 15 is 0 Å². The van der Waals surface area contributed by atoms with Crippen LogP contribution in [-0.2, 0) is 10.5 Å². The molecular weight excluding hydrogens is 358 g/mol. The lowest BCUT2D eigenvalue weighted by Crippen LogP contribution is -2.17. The largest absolute Gasteiger partial charge is 0.444 e. The summed E-state index contributed by atoms with van der Waals surface area (Å²) < 4.78 is 5.46. The Morgan fingerprint density at radius 1 is 1.24 bits per heavy atom. The lowest BCUT2D eigenvalue weighted by atomic mass is 10.2. The van der Waals surface area contributed by atoms with Gasteiger partial charge in [0.15, 0.2) is 0 Å². The Morgan fingerprint density at radius 2 is 2.04 bits per heavy atom. The summed E-state index contributed by atoms with van der Waals surface area (Å²) in [5.41, 5.74) is 7.39. The molecule has 0 atom stereocenters. The summed E-state index contributed by atoms with van der Waals surface area (Å²) in [5, 5.41) is 4.41. The highest BCUT2D eigenvalue weighted by molar-refractivity contribution is 7.99. The van der Waals surface area contributed by atoms with Crippen LogP contribution in [0.2, 0.25) is 0 Å². The molecule has 0 aliphatic heterocycles. The molecule has 0 fully saturated rings. The Bertz CT molecular complexity index is 874. The Labute approximate surface area is 152 Å². The van der Waals surface area contributed by atoms with Crippen LogP contribution in [0.15, 0.2) is 52.5 Å². The molecule has 0 unspecified atom stereocenters. The normalized spacial score (nSPS) is 10.6. The molecule has 0 spiro atoms. The molecule has 25 heavy (non-hydrogen) atoms. The van der Waals surface area contributed by atoms with Crippen molar-refractivity contribution in [1.29, 1.82) is 0 Å². The number of nitrogens with zero attached hydrogens (tertiary/aromatic N) is 1. The van der Waals surface area contributed by atoms with Crippen molar-refractivity contribution in [3.05, 3.63) is 58.6 Å². The second-order valence-corrected chi connectivity index (χ2v) is 6.98. The van der Waals surface area contributed by atoms with E-state index in [-0.39, 0.29) is 11.7 Å². The number of thioether (sulfide) groups is 1. The molecule has 0 aliphatic carbocycles. The van der Waals surface area contributed by atoms with Crippen LogP contribution < -0.4 is 11.1 Å². The van der Waals surface area contributed by atoms with Gasteiger partial charge in [0.25, 0.3) is 5.91 Å². The van der Waals surface area contributed by atoms with Crippen LogP contribution in [0.4, 0.5) is 5.69 Å². The maximum atomic E-state index is 12.0. The number of hydrogen-bond acceptors (Lipinski definition) is 6. The van der Waals surface area contributed by atoms with Crippen molar-refractivity contribution in [1.82, 2.24) is 4.98 Å². The van der Waals surface area contributed by atoms with Gasteiger partial charge in [0.05, 0.1) is 17.1 Å². The molecule has 0 saturated carbocycles. The lowest BCUT2D eigenvalue weighted by Gasteiger charge is -2.04. The summed E-state index contributed by atoms with van der Waals surface area (Å²) in [6.45, 7) is 0. The minimum Gasteiger partial charge on any atom is -0.444 e. The quantitative estimate of drug-likeness (QED) is 0.661. The summed E-state index contributed by atoms with van der Waals surface area (Å²) in [6.07, 6.45) is 1.59. The minimum absolute atomic E-state index is 0.197. The van der Waals surface area contributed by atoms with Gasteiger partial charge in [0.2, 0.25) is 11.8 Å². The first kappa shape index (κ1) is 17.2. The molecule has 0 radical (unpaired) electrons. The fourth-order valence-electron chi connectivity index (χ4n) is 2.12. The predicted molar refractivity (Wildman–Crippen MR) is 99.6 cm³/mol. The summed E-state index contributed by atoms with van der Waals surface area (Å²) in [7, 11) is 0. The van der Waals surface area contributed by atoms with Crippen molar-refractivity contribution in [3.8, 4) is 11.5 Å². The molecule has 1 aromatic carbocycles. The predicted octanol–water partition coefficient (Wildman–Crippen LogP) is 3.37. The van der Waals surface area contributed by atoms with Gasteiger partial charge in [-0.15, -0.1) is 23.1 Å². The van der Waals surface area contributed by atoms with Crippen LogP contribution in [0.1, 0.15) is 15.4 Å². The van der Waals surface area contributed by atoms with E-state index in [1.165, 1.54) is 23.1 Å². The number of rotatable bonds is 7. The standard InChI is InChI=1S/C17H15N3O3S2/c18-16(22)15-13(6-7-25-15)20-14(21)10-24-9-12-8-23-17(19-12)11-4-2-1-3-5-11/h1-8H,9-10H2,(H2,18,22)(H,20,21). The Hall–Kier alpha value is -2.58. The van der Waals surface area contributed by atoms with Gasteiger partial charge in [-0.2, -0.15) is 0 Å². The number of benzene rings is 1. The number of primary amides is 1. The maximum absolute atomic E-state index is 12.0. The van der Waals surface area contributed by atoms with Gasteiger partial charge in [-0.25, -0.2) is 4.98 Å².